The normalized spacial score (nSPS) is 15.7. The van der Waals surface area contributed by atoms with Crippen molar-refractivity contribution in [1.82, 2.24) is 14.8 Å². The van der Waals surface area contributed by atoms with Crippen LogP contribution in [0.2, 0.25) is 0 Å². The summed E-state index contributed by atoms with van der Waals surface area (Å²) < 4.78 is 15.1. The first-order chi connectivity index (χ1) is 18.6. The predicted octanol–water partition coefficient (Wildman–Crippen LogP) is 5.68. The smallest absolute Gasteiger partial charge is 0.305 e. The summed E-state index contributed by atoms with van der Waals surface area (Å²) in [6.07, 6.45) is 1.80. The molecule has 0 bridgehead atoms. The van der Waals surface area contributed by atoms with Gasteiger partial charge in [0.25, 0.3) is 5.56 Å². The minimum Gasteiger partial charge on any atom is -0.481 e. The quantitative estimate of drug-likeness (QED) is 0.313. The van der Waals surface area contributed by atoms with Crippen LogP contribution in [0, 0.1) is 19.8 Å². The van der Waals surface area contributed by atoms with Gasteiger partial charge in [-0.3, -0.25) is 14.5 Å². The molecule has 39 heavy (non-hydrogen) atoms. The van der Waals surface area contributed by atoms with Crippen LogP contribution in [0.5, 0.6) is 0 Å². The van der Waals surface area contributed by atoms with Gasteiger partial charge < -0.3 is 15.0 Å². The number of pyridine rings is 1. The third-order valence-electron chi connectivity index (χ3n) is 7.49. The van der Waals surface area contributed by atoms with Crippen molar-refractivity contribution < 1.29 is 14.3 Å². The van der Waals surface area contributed by atoms with E-state index in [1.165, 1.54) is 11.1 Å². The lowest BCUT2D eigenvalue weighted by Gasteiger charge is -2.34. The Labute approximate surface area is 230 Å². The Morgan fingerprint density at radius 2 is 1.77 bits per heavy atom. The second-order valence-electron chi connectivity index (χ2n) is 11.3. The van der Waals surface area contributed by atoms with Crippen molar-refractivity contribution in [2.45, 2.75) is 65.3 Å². The second-order valence-corrected chi connectivity index (χ2v) is 11.3. The summed E-state index contributed by atoms with van der Waals surface area (Å²) in [6.45, 7) is 10.3. The first-order valence-electron chi connectivity index (χ1n) is 13.8. The fraction of sp³-hybridized carbons (Fsp3) is 0.438. The Morgan fingerprint density at radius 3 is 2.41 bits per heavy atom. The number of benzene rings is 2. The van der Waals surface area contributed by atoms with Gasteiger partial charge in [-0.25, -0.2) is 4.39 Å². The van der Waals surface area contributed by atoms with E-state index in [1.54, 1.807) is 10.6 Å². The lowest BCUT2D eigenvalue weighted by molar-refractivity contribution is -0.137. The van der Waals surface area contributed by atoms with E-state index in [0.717, 1.165) is 28.7 Å². The van der Waals surface area contributed by atoms with E-state index < -0.39 is 18.2 Å². The van der Waals surface area contributed by atoms with Crippen molar-refractivity contribution in [3.63, 3.8) is 0 Å². The Kier molecular flexibility index (Phi) is 9.36. The van der Waals surface area contributed by atoms with Crippen molar-refractivity contribution in [2.75, 3.05) is 19.6 Å². The molecule has 2 N–H and O–H groups in total. The van der Waals surface area contributed by atoms with E-state index in [0.29, 0.717) is 32.1 Å². The van der Waals surface area contributed by atoms with Gasteiger partial charge in [-0.15, -0.1) is 0 Å². The number of rotatable bonds is 12. The number of aryl methyl sites for hydroxylation is 2. The minimum atomic E-state index is -0.884. The maximum atomic E-state index is 13.3. The molecule has 0 radical (unpaired) electrons. The number of carboxylic acids is 1. The molecule has 0 amide bonds. The average Bonchev–Trinajstić information content (AvgIpc) is 2.85. The van der Waals surface area contributed by atoms with Crippen molar-refractivity contribution in [3.8, 4) is 11.1 Å². The summed E-state index contributed by atoms with van der Waals surface area (Å²) in [6, 6.07) is 17.1. The third kappa shape index (κ3) is 7.43. The van der Waals surface area contributed by atoms with Crippen LogP contribution in [0.4, 0.5) is 4.39 Å². The highest BCUT2D eigenvalue weighted by Gasteiger charge is 2.26. The van der Waals surface area contributed by atoms with Gasteiger partial charge in [-0.2, -0.15) is 0 Å². The van der Waals surface area contributed by atoms with Crippen LogP contribution in [-0.4, -0.2) is 46.3 Å². The van der Waals surface area contributed by atoms with Gasteiger partial charge in [-0.05, 0) is 65.6 Å². The number of aromatic nitrogens is 1. The standard InChI is InChI=1S/C32H40FN3O3/c1-21(2)13-28(36-18-24(11-12-30(36)37)17-35-19-27(33)20-35)16-34-29(15-31(38)39)25-9-6-10-26(14-25)32-22(3)7-5-8-23(32)4/h5-12,14,18,21,27-29,34H,13,15-17,19-20H2,1-4H3,(H,38,39)/t28?,29-/m0/s1. The number of carboxylic acid groups (broad SMARTS) is 1. The summed E-state index contributed by atoms with van der Waals surface area (Å²) in [7, 11) is 0. The zero-order valence-electron chi connectivity index (χ0n) is 23.4. The van der Waals surface area contributed by atoms with E-state index in [4.69, 9.17) is 0 Å². The fourth-order valence-electron chi connectivity index (χ4n) is 5.60. The molecular weight excluding hydrogens is 493 g/mol. The molecule has 1 aliphatic heterocycles. The van der Waals surface area contributed by atoms with Crippen LogP contribution in [-0.2, 0) is 11.3 Å². The summed E-state index contributed by atoms with van der Waals surface area (Å²) >= 11 is 0. The first kappa shape index (κ1) is 28.7. The monoisotopic (exact) mass is 533 g/mol. The molecular formula is C32H40FN3O3. The molecule has 1 saturated heterocycles. The molecule has 2 heterocycles. The minimum absolute atomic E-state index is 0.0705. The molecule has 0 aliphatic carbocycles. The maximum absolute atomic E-state index is 13.3. The Balaban J connectivity index is 1.59. The predicted molar refractivity (Wildman–Crippen MR) is 154 cm³/mol. The van der Waals surface area contributed by atoms with Crippen LogP contribution >= 0.6 is 0 Å². The molecule has 7 heteroatoms. The molecule has 208 valence electrons. The summed E-state index contributed by atoms with van der Waals surface area (Å²) in [4.78, 5) is 26.8. The lowest BCUT2D eigenvalue weighted by Crippen LogP contribution is -2.47. The Bertz CT molecular complexity index is 1330. The molecule has 2 aromatic carbocycles. The summed E-state index contributed by atoms with van der Waals surface area (Å²) in [5, 5.41) is 13.2. The summed E-state index contributed by atoms with van der Waals surface area (Å²) in [5.74, 6) is -0.550. The molecule has 0 spiro atoms. The highest BCUT2D eigenvalue weighted by atomic mass is 19.1. The number of carbonyl (C=O) groups is 1. The number of likely N-dealkylation sites (tertiary alicyclic amines) is 1. The van der Waals surface area contributed by atoms with E-state index >= 15 is 0 Å². The third-order valence-corrected chi connectivity index (χ3v) is 7.49. The van der Waals surface area contributed by atoms with E-state index in [2.05, 4.69) is 57.3 Å². The molecule has 0 saturated carbocycles. The van der Waals surface area contributed by atoms with E-state index in [9.17, 15) is 19.1 Å². The van der Waals surface area contributed by atoms with Crippen LogP contribution in [0.1, 0.15) is 61.0 Å². The van der Waals surface area contributed by atoms with E-state index in [-0.39, 0.29) is 18.0 Å². The molecule has 1 aliphatic rings. The van der Waals surface area contributed by atoms with Gasteiger partial charge in [0, 0.05) is 50.5 Å². The molecule has 1 unspecified atom stereocenters. The number of halogens is 1. The van der Waals surface area contributed by atoms with Gasteiger partial charge in [0.15, 0.2) is 0 Å². The molecule has 1 fully saturated rings. The number of nitrogens with zero attached hydrogens (tertiary/aromatic N) is 2. The van der Waals surface area contributed by atoms with Crippen LogP contribution in [0.25, 0.3) is 11.1 Å². The largest absolute Gasteiger partial charge is 0.481 e. The van der Waals surface area contributed by atoms with Gasteiger partial charge in [0.2, 0.25) is 0 Å². The number of aliphatic carboxylic acids is 1. The first-order valence-corrected chi connectivity index (χ1v) is 13.8. The van der Waals surface area contributed by atoms with Gasteiger partial charge in [0.1, 0.15) is 6.17 Å². The molecule has 2 atom stereocenters. The second kappa shape index (κ2) is 12.7. The van der Waals surface area contributed by atoms with Crippen molar-refractivity contribution in [2.24, 2.45) is 5.92 Å². The SMILES string of the molecule is Cc1cccc(C)c1-c1cccc([C@H](CC(=O)O)NCC(CC(C)C)n2cc(CN3CC(F)C3)ccc2=O)c1. The zero-order valence-corrected chi connectivity index (χ0v) is 23.4. The van der Waals surface area contributed by atoms with Gasteiger partial charge in [-0.1, -0.05) is 56.3 Å². The number of nitrogens with one attached hydrogen (secondary N) is 1. The number of hydrogen-bond donors (Lipinski definition) is 2. The van der Waals surface area contributed by atoms with Crippen molar-refractivity contribution in [1.29, 1.82) is 0 Å². The van der Waals surface area contributed by atoms with Crippen LogP contribution in [0.15, 0.2) is 65.6 Å². The summed E-state index contributed by atoms with van der Waals surface area (Å²) in [5.41, 5.74) is 6.35. The highest BCUT2D eigenvalue weighted by Crippen LogP contribution is 2.30. The molecule has 6 nitrogen and oxygen atoms in total. The fourth-order valence-corrected chi connectivity index (χ4v) is 5.60. The van der Waals surface area contributed by atoms with Crippen LogP contribution in [0.3, 0.4) is 0 Å². The Hall–Kier alpha value is -3.29. The number of hydrogen-bond acceptors (Lipinski definition) is 4. The van der Waals surface area contributed by atoms with Gasteiger partial charge in [0.05, 0.1) is 6.42 Å². The topological polar surface area (TPSA) is 74.6 Å². The molecule has 3 aromatic rings. The number of alkyl halides is 1. The van der Waals surface area contributed by atoms with Crippen molar-refractivity contribution in [3.05, 3.63) is 93.4 Å². The average molecular weight is 534 g/mol. The zero-order chi connectivity index (χ0) is 28.1. The lowest BCUT2D eigenvalue weighted by atomic mass is 9.92. The Morgan fingerprint density at radius 1 is 1.08 bits per heavy atom. The van der Waals surface area contributed by atoms with Crippen molar-refractivity contribution >= 4 is 5.97 Å². The molecule has 1 aromatic heterocycles. The van der Waals surface area contributed by atoms with E-state index in [1.807, 2.05) is 35.4 Å². The van der Waals surface area contributed by atoms with Crippen LogP contribution < -0.4 is 10.9 Å². The highest BCUT2D eigenvalue weighted by molar-refractivity contribution is 5.72. The van der Waals surface area contributed by atoms with Gasteiger partial charge >= 0.3 is 5.97 Å². The maximum Gasteiger partial charge on any atom is 0.305 e. The molecule has 4 rings (SSSR count).